The van der Waals surface area contributed by atoms with E-state index in [1.54, 1.807) is 0 Å². The molecule has 0 aliphatic rings. The number of benzene rings is 2. The number of likely N-dealkylation sites (N-methyl/N-ethyl adjacent to an activating group) is 1. The van der Waals surface area contributed by atoms with Crippen molar-refractivity contribution in [2.45, 2.75) is 26.5 Å². The van der Waals surface area contributed by atoms with Crippen molar-refractivity contribution in [3.63, 3.8) is 0 Å². The van der Waals surface area contributed by atoms with Crippen LogP contribution < -0.4 is 9.47 Å². The quantitative estimate of drug-likeness (QED) is 0.767. The molecule has 0 bridgehead atoms. The van der Waals surface area contributed by atoms with Crippen molar-refractivity contribution in [2.24, 2.45) is 0 Å². The summed E-state index contributed by atoms with van der Waals surface area (Å²) in [5.74, 6) is 1.67. The Kier molecular flexibility index (Phi) is 7.09. The van der Waals surface area contributed by atoms with Gasteiger partial charge >= 0.3 is 0 Å². The highest BCUT2D eigenvalue weighted by Crippen LogP contribution is 2.14. The normalized spacial score (nSPS) is 12.2. The predicted molar refractivity (Wildman–Crippen MR) is 96.6 cm³/mol. The van der Waals surface area contributed by atoms with Crippen LogP contribution in [0, 0.1) is 6.92 Å². The van der Waals surface area contributed by atoms with Crippen LogP contribution in [0.3, 0.4) is 0 Å². The second-order valence-corrected chi connectivity index (χ2v) is 6.05. The van der Waals surface area contributed by atoms with E-state index in [2.05, 4.69) is 17.0 Å². The van der Waals surface area contributed by atoms with Gasteiger partial charge in [-0.15, -0.1) is 0 Å². The maximum Gasteiger partial charge on any atom is 0.119 e. The van der Waals surface area contributed by atoms with E-state index in [-0.39, 0.29) is 6.61 Å². The Hall–Kier alpha value is -2.04. The summed E-state index contributed by atoms with van der Waals surface area (Å²) in [6, 6.07) is 15.9. The van der Waals surface area contributed by atoms with Crippen LogP contribution in [0.2, 0.25) is 0 Å². The summed E-state index contributed by atoms with van der Waals surface area (Å²) in [4.78, 5) is 2.08. The van der Waals surface area contributed by atoms with E-state index in [9.17, 15) is 5.11 Å². The van der Waals surface area contributed by atoms with Crippen LogP contribution in [0.5, 0.6) is 11.5 Å². The maximum atomic E-state index is 10.1. The minimum Gasteiger partial charge on any atom is -0.494 e. The minimum atomic E-state index is -0.529. The number of hydrogen-bond acceptors (Lipinski definition) is 4. The van der Waals surface area contributed by atoms with Crippen LogP contribution in [0.4, 0.5) is 0 Å². The zero-order valence-electron chi connectivity index (χ0n) is 14.7. The molecule has 0 saturated carbocycles. The van der Waals surface area contributed by atoms with Crippen molar-refractivity contribution in [1.29, 1.82) is 0 Å². The molecule has 1 atom stereocenters. The average Bonchev–Trinajstić information content (AvgIpc) is 2.56. The largest absolute Gasteiger partial charge is 0.494 e. The van der Waals surface area contributed by atoms with E-state index < -0.39 is 6.10 Å². The number of aryl methyl sites for hydroxylation is 1. The third-order valence-electron chi connectivity index (χ3n) is 3.67. The average molecular weight is 329 g/mol. The van der Waals surface area contributed by atoms with Gasteiger partial charge in [-0.3, -0.25) is 4.90 Å². The monoisotopic (exact) mass is 329 g/mol. The first-order chi connectivity index (χ1) is 11.6. The molecule has 2 aromatic rings. The number of aliphatic hydroxyl groups is 1. The molecular weight excluding hydrogens is 302 g/mol. The predicted octanol–water partition coefficient (Wildman–Crippen LogP) is 3.27. The highest BCUT2D eigenvalue weighted by atomic mass is 16.5. The topological polar surface area (TPSA) is 41.9 Å². The first-order valence-electron chi connectivity index (χ1n) is 8.34. The molecule has 0 spiro atoms. The zero-order valence-corrected chi connectivity index (χ0v) is 14.7. The highest BCUT2D eigenvalue weighted by Gasteiger charge is 2.10. The lowest BCUT2D eigenvalue weighted by atomic mass is 10.2. The fraction of sp³-hybridized carbons (Fsp3) is 0.400. The fourth-order valence-corrected chi connectivity index (χ4v) is 2.47. The molecule has 0 aliphatic heterocycles. The summed E-state index contributed by atoms with van der Waals surface area (Å²) in [6.07, 6.45) is -0.529. The smallest absolute Gasteiger partial charge is 0.119 e. The van der Waals surface area contributed by atoms with Crippen molar-refractivity contribution in [3.8, 4) is 11.5 Å². The lowest BCUT2D eigenvalue weighted by molar-refractivity contribution is 0.0744. The second kappa shape index (κ2) is 9.30. The lowest BCUT2D eigenvalue weighted by Gasteiger charge is -2.21. The summed E-state index contributed by atoms with van der Waals surface area (Å²) < 4.78 is 11.1. The van der Waals surface area contributed by atoms with Crippen LogP contribution in [0.25, 0.3) is 0 Å². The Balaban J connectivity index is 1.74. The van der Waals surface area contributed by atoms with Crippen molar-refractivity contribution < 1.29 is 14.6 Å². The molecule has 4 nitrogen and oxygen atoms in total. The van der Waals surface area contributed by atoms with E-state index in [0.29, 0.717) is 13.2 Å². The summed E-state index contributed by atoms with van der Waals surface area (Å²) in [5.41, 5.74) is 2.38. The van der Waals surface area contributed by atoms with Gasteiger partial charge < -0.3 is 14.6 Å². The Morgan fingerprint density at radius 2 is 1.54 bits per heavy atom. The molecule has 2 rings (SSSR count). The molecule has 0 radical (unpaired) electrons. The van der Waals surface area contributed by atoms with Crippen molar-refractivity contribution in [3.05, 3.63) is 59.7 Å². The highest BCUT2D eigenvalue weighted by molar-refractivity contribution is 5.27. The third kappa shape index (κ3) is 6.22. The van der Waals surface area contributed by atoms with E-state index >= 15 is 0 Å². The van der Waals surface area contributed by atoms with Crippen LogP contribution in [-0.4, -0.2) is 42.9 Å². The van der Waals surface area contributed by atoms with Gasteiger partial charge in [0.1, 0.15) is 24.2 Å². The lowest BCUT2D eigenvalue weighted by Crippen LogP contribution is -2.32. The van der Waals surface area contributed by atoms with Gasteiger partial charge in [0.2, 0.25) is 0 Å². The first kappa shape index (κ1) is 18.3. The Morgan fingerprint density at radius 1 is 0.958 bits per heavy atom. The molecule has 1 N–H and O–H groups in total. The van der Waals surface area contributed by atoms with E-state index in [1.807, 2.05) is 57.3 Å². The van der Waals surface area contributed by atoms with Gasteiger partial charge in [0.05, 0.1) is 6.61 Å². The fourth-order valence-electron chi connectivity index (χ4n) is 2.47. The molecule has 0 aliphatic carbocycles. The standard InChI is InChI=1S/C20H27NO3/c1-4-23-19-11-7-17(8-12-19)13-21(3)14-18(22)15-24-20-9-5-16(2)6-10-20/h5-12,18,22H,4,13-15H2,1-3H3/t18-/m0/s1. The minimum absolute atomic E-state index is 0.288. The molecule has 0 amide bonds. The maximum absolute atomic E-state index is 10.1. The zero-order chi connectivity index (χ0) is 17.4. The number of rotatable bonds is 9. The second-order valence-electron chi connectivity index (χ2n) is 6.05. The molecule has 130 valence electrons. The number of hydrogen-bond donors (Lipinski definition) is 1. The van der Waals surface area contributed by atoms with Crippen molar-refractivity contribution in [2.75, 3.05) is 26.8 Å². The Morgan fingerprint density at radius 3 is 2.17 bits per heavy atom. The van der Waals surface area contributed by atoms with Gasteiger partial charge in [-0.1, -0.05) is 29.8 Å². The SMILES string of the molecule is CCOc1ccc(CN(C)C[C@H](O)COc2ccc(C)cc2)cc1. The van der Waals surface area contributed by atoms with Crippen LogP contribution in [0.15, 0.2) is 48.5 Å². The molecule has 0 saturated heterocycles. The molecule has 2 aromatic carbocycles. The van der Waals surface area contributed by atoms with Gasteiger partial charge in [-0.05, 0) is 50.7 Å². The van der Waals surface area contributed by atoms with Crippen LogP contribution in [-0.2, 0) is 6.54 Å². The number of nitrogens with zero attached hydrogens (tertiary/aromatic N) is 1. The van der Waals surface area contributed by atoms with Gasteiger partial charge in [0.25, 0.3) is 0 Å². The van der Waals surface area contributed by atoms with Crippen LogP contribution in [0.1, 0.15) is 18.1 Å². The van der Waals surface area contributed by atoms with Crippen molar-refractivity contribution >= 4 is 0 Å². The summed E-state index contributed by atoms with van der Waals surface area (Å²) >= 11 is 0. The Labute approximate surface area is 144 Å². The van der Waals surface area contributed by atoms with Gasteiger partial charge in [0.15, 0.2) is 0 Å². The molecule has 0 unspecified atom stereocenters. The summed E-state index contributed by atoms with van der Waals surface area (Å²) in [6.45, 7) is 6.30. The van der Waals surface area contributed by atoms with Gasteiger partial charge in [-0.25, -0.2) is 0 Å². The van der Waals surface area contributed by atoms with Crippen molar-refractivity contribution in [1.82, 2.24) is 4.90 Å². The van der Waals surface area contributed by atoms with E-state index in [4.69, 9.17) is 9.47 Å². The van der Waals surface area contributed by atoms with Gasteiger partial charge in [0, 0.05) is 13.1 Å². The number of aliphatic hydroxyl groups excluding tert-OH is 1. The summed E-state index contributed by atoms with van der Waals surface area (Å²) in [7, 11) is 1.99. The molecule has 0 heterocycles. The molecule has 4 heteroatoms. The van der Waals surface area contributed by atoms with Crippen LogP contribution >= 0.6 is 0 Å². The van der Waals surface area contributed by atoms with E-state index in [0.717, 1.165) is 18.0 Å². The number of ether oxygens (including phenoxy) is 2. The molecule has 0 aromatic heterocycles. The third-order valence-corrected chi connectivity index (χ3v) is 3.67. The first-order valence-corrected chi connectivity index (χ1v) is 8.34. The Bertz CT molecular complexity index is 595. The molecule has 0 fully saturated rings. The molecular formula is C20H27NO3. The van der Waals surface area contributed by atoms with Gasteiger partial charge in [-0.2, -0.15) is 0 Å². The molecule has 24 heavy (non-hydrogen) atoms. The van der Waals surface area contributed by atoms with E-state index in [1.165, 1.54) is 11.1 Å². The summed E-state index contributed by atoms with van der Waals surface area (Å²) in [5, 5.41) is 10.1.